The van der Waals surface area contributed by atoms with Crippen molar-refractivity contribution in [1.82, 2.24) is 14.9 Å². The molecule has 1 aromatic carbocycles. The SMILES string of the molecule is COc1ccc2cc(CN(C)C(C)c3nccs3)c(=O)[nH]c2c1. The maximum Gasteiger partial charge on any atom is 0.252 e. The molecule has 0 fully saturated rings. The number of methoxy groups -OCH3 is 1. The van der Waals surface area contributed by atoms with Crippen LogP contribution in [0.3, 0.4) is 0 Å². The molecule has 3 aromatic rings. The molecule has 0 saturated carbocycles. The first-order valence-corrected chi connectivity index (χ1v) is 8.26. The molecule has 0 bridgehead atoms. The number of thiazole rings is 1. The van der Waals surface area contributed by atoms with Gasteiger partial charge in [0.2, 0.25) is 0 Å². The van der Waals surface area contributed by atoms with Crippen molar-refractivity contribution in [2.24, 2.45) is 0 Å². The number of pyridine rings is 1. The van der Waals surface area contributed by atoms with Crippen molar-refractivity contribution < 1.29 is 4.74 Å². The zero-order valence-electron chi connectivity index (χ0n) is 13.4. The highest BCUT2D eigenvalue weighted by atomic mass is 32.1. The van der Waals surface area contributed by atoms with Gasteiger partial charge in [-0.2, -0.15) is 0 Å². The van der Waals surface area contributed by atoms with Crippen LogP contribution < -0.4 is 10.3 Å². The molecule has 23 heavy (non-hydrogen) atoms. The summed E-state index contributed by atoms with van der Waals surface area (Å²) >= 11 is 1.63. The fraction of sp³-hybridized carbons (Fsp3) is 0.294. The molecule has 3 rings (SSSR count). The summed E-state index contributed by atoms with van der Waals surface area (Å²) in [4.78, 5) is 21.7. The van der Waals surface area contributed by atoms with Gasteiger partial charge in [0.25, 0.3) is 5.56 Å². The zero-order chi connectivity index (χ0) is 16.4. The van der Waals surface area contributed by atoms with Crippen LogP contribution in [0.25, 0.3) is 10.9 Å². The molecule has 1 N–H and O–H groups in total. The third-order valence-corrected chi connectivity index (χ3v) is 4.97. The van der Waals surface area contributed by atoms with Crippen molar-refractivity contribution in [3.8, 4) is 5.75 Å². The van der Waals surface area contributed by atoms with Gasteiger partial charge in [0.05, 0.1) is 18.7 Å². The molecule has 1 atom stereocenters. The Hall–Kier alpha value is -2.18. The molecule has 0 spiro atoms. The fourth-order valence-corrected chi connectivity index (χ4v) is 3.26. The molecular weight excluding hydrogens is 310 g/mol. The van der Waals surface area contributed by atoms with E-state index in [-0.39, 0.29) is 11.6 Å². The van der Waals surface area contributed by atoms with Gasteiger partial charge in [0.1, 0.15) is 10.8 Å². The largest absolute Gasteiger partial charge is 0.497 e. The van der Waals surface area contributed by atoms with Crippen molar-refractivity contribution in [3.63, 3.8) is 0 Å². The van der Waals surface area contributed by atoms with E-state index in [1.807, 2.05) is 36.7 Å². The first-order chi connectivity index (χ1) is 11.1. The molecule has 6 heteroatoms. The number of nitrogens with zero attached hydrogens (tertiary/aromatic N) is 2. The summed E-state index contributed by atoms with van der Waals surface area (Å²) in [6.45, 7) is 2.66. The average molecular weight is 329 g/mol. The predicted octanol–water partition coefficient (Wildman–Crippen LogP) is 3.19. The van der Waals surface area contributed by atoms with Gasteiger partial charge in [-0.3, -0.25) is 9.69 Å². The second kappa shape index (κ2) is 6.52. The van der Waals surface area contributed by atoms with Crippen molar-refractivity contribution in [2.75, 3.05) is 14.2 Å². The molecule has 5 nitrogen and oxygen atoms in total. The number of aromatic amines is 1. The molecular formula is C17H19N3O2S. The number of nitrogens with one attached hydrogen (secondary N) is 1. The van der Waals surface area contributed by atoms with Crippen LogP contribution >= 0.6 is 11.3 Å². The number of benzene rings is 1. The smallest absolute Gasteiger partial charge is 0.252 e. The Labute approximate surface area is 138 Å². The number of aromatic nitrogens is 2. The van der Waals surface area contributed by atoms with Gasteiger partial charge in [-0.15, -0.1) is 11.3 Å². The Kier molecular flexibility index (Phi) is 4.45. The van der Waals surface area contributed by atoms with E-state index >= 15 is 0 Å². The number of H-pyrrole nitrogens is 1. The molecule has 120 valence electrons. The van der Waals surface area contributed by atoms with E-state index < -0.39 is 0 Å². The van der Waals surface area contributed by atoms with E-state index in [0.717, 1.165) is 27.2 Å². The first kappa shape index (κ1) is 15.7. The summed E-state index contributed by atoms with van der Waals surface area (Å²) in [6, 6.07) is 7.80. The monoisotopic (exact) mass is 329 g/mol. The van der Waals surface area contributed by atoms with Crippen LogP contribution in [0.4, 0.5) is 0 Å². The second-order valence-corrected chi connectivity index (χ2v) is 6.46. The summed E-state index contributed by atoms with van der Waals surface area (Å²) in [5, 5.41) is 4.01. The predicted molar refractivity (Wildman–Crippen MR) is 93.1 cm³/mol. The van der Waals surface area contributed by atoms with Crippen molar-refractivity contribution in [3.05, 3.63) is 56.8 Å². The van der Waals surface area contributed by atoms with Crippen molar-refractivity contribution >= 4 is 22.2 Å². The molecule has 0 aliphatic rings. The lowest BCUT2D eigenvalue weighted by atomic mass is 10.1. The topological polar surface area (TPSA) is 58.2 Å². The van der Waals surface area contributed by atoms with Gasteiger partial charge in [-0.25, -0.2) is 4.98 Å². The summed E-state index contributed by atoms with van der Waals surface area (Å²) in [5.41, 5.74) is 1.46. The lowest BCUT2D eigenvalue weighted by molar-refractivity contribution is 0.251. The lowest BCUT2D eigenvalue weighted by Crippen LogP contribution is -2.26. The Morgan fingerprint density at radius 3 is 2.91 bits per heavy atom. The second-order valence-electron chi connectivity index (χ2n) is 5.54. The van der Waals surface area contributed by atoms with Crippen LogP contribution in [0.2, 0.25) is 0 Å². The minimum absolute atomic E-state index is 0.0658. The number of ether oxygens (including phenoxy) is 1. The maximum atomic E-state index is 12.3. The molecule has 0 radical (unpaired) electrons. The van der Waals surface area contributed by atoms with Gasteiger partial charge in [-0.05, 0) is 37.6 Å². The minimum atomic E-state index is -0.0658. The number of rotatable bonds is 5. The van der Waals surface area contributed by atoms with Gasteiger partial charge < -0.3 is 9.72 Å². The van der Waals surface area contributed by atoms with E-state index in [2.05, 4.69) is 21.8 Å². The normalized spacial score (nSPS) is 12.7. The Morgan fingerprint density at radius 2 is 2.22 bits per heavy atom. The zero-order valence-corrected chi connectivity index (χ0v) is 14.2. The maximum absolute atomic E-state index is 12.3. The van der Waals surface area contributed by atoms with Gasteiger partial charge in [0.15, 0.2) is 0 Å². The summed E-state index contributed by atoms with van der Waals surface area (Å²) < 4.78 is 5.19. The highest BCUT2D eigenvalue weighted by Crippen LogP contribution is 2.23. The van der Waals surface area contributed by atoms with E-state index in [9.17, 15) is 4.79 Å². The van der Waals surface area contributed by atoms with E-state index in [1.165, 1.54) is 0 Å². The Balaban J connectivity index is 1.88. The van der Waals surface area contributed by atoms with Crippen molar-refractivity contribution in [2.45, 2.75) is 19.5 Å². The van der Waals surface area contributed by atoms with Crippen LogP contribution in [0.15, 0.2) is 40.6 Å². The fourth-order valence-electron chi connectivity index (χ4n) is 2.50. The molecule has 0 saturated heterocycles. The van der Waals surface area contributed by atoms with E-state index in [0.29, 0.717) is 6.54 Å². The highest BCUT2D eigenvalue weighted by Gasteiger charge is 2.16. The van der Waals surface area contributed by atoms with Crippen LogP contribution in [0.5, 0.6) is 5.75 Å². The standard InChI is InChI=1S/C17H19N3O2S/c1-11(17-18-6-7-23-17)20(2)10-13-8-12-4-5-14(22-3)9-15(12)19-16(13)21/h4-9,11H,10H2,1-3H3,(H,19,21). The van der Waals surface area contributed by atoms with E-state index in [1.54, 1.807) is 24.6 Å². The molecule has 0 aliphatic heterocycles. The Morgan fingerprint density at radius 1 is 1.39 bits per heavy atom. The van der Waals surface area contributed by atoms with Crippen LogP contribution in [-0.2, 0) is 6.54 Å². The van der Waals surface area contributed by atoms with Crippen LogP contribution in [0.1, 0.15) is 23.5 Å². The average Bonchev–Trinajstić information content (AvgIpc) is 3.08. The third-order valence-electron chi connectivity index (χ3n) is 4.02. The first-order valence-electron chi connectivity index (χ1n) is 7.38. The molecule has 2 aromatic heterocycles. The lowest BCUT2D eigenvalue weighted by Gasteiger charge is -2.22. The summed E-state index contributed by atoms with van der Waals surface area (Å²) in [7, 11) is 3.62. The molecule has 0 aliphatic carbocycles. The van der Waals surface area contributed by atoms with Crippen LogP contribution in [0, 0.1) is 0 Å². The summed E-state index contributed by atoms with van der Waals surface area (Å²) in [6.07, 6.45) is 1.81. The number of hydrogen-bond acceptors (Lipinski definition) is 5. The van der Waals surface area contributed by atoms with Gasteiger partial charge >= 0.3 is 0 Å². The third kappa shape index (κ3) is 3.28. The van der Waals surface area contributed by atoms with Gasteiger partial charge in [0, 0.05) is 29.8 Å². The molecule has 2 heterocycles. The Bertz CT molecular complexity index is 858. The summed E-state index contributed by atoms with van der Waals surface area (Å²) in [5.74, 6) is 0.732. The number of fused-ring (bicyclic) bond motifs is 1. The quantitative estimate of drug-likeness (QED) is 0.781. The van der Waals surface area contributed by atoms with Gasteiger partial charge in [-0.1, -0.05) is 0 Å². The van der Waals surface area contributed by atoms with Crippen molar-refractivity contribution in [1.29, 1.82) is 0 Å². The molecule has 0 amide bonds. The number of hydrogen-bond donors (Lipinski definition) is 1. The highest BCUT2D eigenvalue weighted by molar-refractivity contribution is 7.09. The van der Waals surface area contributed by atoms with Crippen LogP contribution in [-0.4, -0.2) is 29.0 Å². The van der Waals surface area contributed by atoms with E-state index in [4.69, 9.17) is 4.74 Å². The minimum Gasteiger partial charge on any atom is -0.497 e. The molecule has 1 unspecified atom stereocenters.